The molecular weight excluding hydrogens is 232 g/mol. The van der Waals surface area contributed by atoms with Crippen LogP contribution in [0.3, 0.4) is 0 Å². The van der Waals surface area contributed by atoms with Gasteiger partial charge in [0.25, 0.3) is 6.43 Å². The number of hydrogen-bond acceptors (Lipinski definition) is 3. The Labute approximate surface area is 88.1 Å². The summed E-state index contributed by atoms with van der Waals surface area (Å²) < 4.78 is 24.7. The largest absolute Gasteiger partial charge is 0.505 e. The number of nitrogens with zero attached hydrogens (tertiary/aromatic N) is 1. The van der Waals surface area contributed by atoms with E-state index >= 15 is 0 Å². The maximum Gasteiger partial charge on any atom is 0.354 e. The number of halogens is 3. The minimum atomic E-state index is -3.05. The van der Waals surface area contributed by atoms with E-state index in [4.69, 9.17) is 16.7 Å². The van der Waals surface area contributed by atoms with Crippen molar-refractivity contribution < 1.29 is 23.8 Å². The molecule has 2 N–H and O–H groups in total. The van der Waals surface area contributed by atoms with Crippen LogP contribution in [-0.2, 0) is 5.88 Å². The number of pyridine rings is 1. The third-order valence-corrected chi connectivity index (χ3v) is 1.96. The normalized spacial score (nSPS) is 10.7. The average Bonchev–Trinajstić information content (AvgIpc) is 2.17. The van der Waals surface area contributed by atoms with Gasteiger partial charge in [-0.3, -0.25) is 0 Å². The molecule has 1 rings (SSSR count). The highest BCUT2D eigenvalue weighted by Crippen LogP contribution is 2.30. The molecule has 0 aliphatic rings. The number of alkyl halides is 3. The molecule has 82 valence electrons. The SMILES string of the molecule is O=C(O)c1cc(CCl)c(O)c(C(F)F)n1. The highest BCUT2D eigenvalue weighted by molar-refractivity contribution is 6.17. The Morgan fingerprint density at radius 1 is 1.60 bits per heavy atom. The standard InChI is InChI=1S/C8H6ClF2NO3/c9-2-3-1-4(8(14)15)12-5(6(3)13)7(10)11/h1,7,13H,2H2,(H,14,15). The topological polar surface area (TPSA) is 70.4 Å². The fourth-order valence-electron chi connectivity index (χ4n) is 0.976. The Morgan fingerprint density at radius 2 is 2.20 bits per heavy atom. The van der Waals surface area contributed by atoms with E-state index in [1.165, 1.54) is 0 Å². The maximum absolute atomic E-state index is 12.3. The molecule has 7 heteroatoms. The summed E-state index contributed by atoms with van der Waals surface area (Å²) in [5.41, 5.74) is -1.62. The molecule has 4 nitrogen and oxygen atoms in total. The summed E-state index contributed by atoms with van der Waals surface area (Å²) in [5.74, 6) is -2.48. The Bertz CT molecular complexity index is 398. The highest BCUT2D eigenvalue weighted by atomic mass is 35.5. The van der Waals surface area contributed by atoms with Crippen molar-refractivity contribution in [3.05, 3.63) is 23.0 Å². The predicted octanol–water partition coefficient (Wildman–Crippen LogP) is 2.16. The van der Waals surface area contributed by atoms with Crippen molar-refractivity contribution in [3.8, 4) is 5.75 Å². The first kappa shape index (κ1) is 11.6. The minimum absolute atomic E-state index is 0.0839. The molecule has 0 aliphatic carbocycles. The van der Waals surface area contributed by atoms with Crippen LogP contribution in [0.15, 0.2) is 6.07 Å². The van der Waals surface area contributed by atoms with E-state index in [1.54, 1.807) is 0 Å². The molecular formula is C8H6ClF2NO3. The van der Waals surface area contributed by atoms with Crippen LogP contribution in [0.4, 0.5) is 8.78 Å². The average molecular weight is 238 g/mol. The van der Waals surface area contributed by atoms with Crippen LogP contribution in [0.1, 0.15) is 28.2 Å². The number of aromatic hydroxyl groups is 1. The summed E-state index contributed by atoms with van der Waals surface area (Å²) >= 11 is 5.36. The quantitative estimate of drug-likeness (QED) is 0.791. The third-order valence-electron chi connectivity index (χ3n) is 1.67. The molecule has 0 bridgehead atoms. The lowest BCUT2D eigenvalue weighted by Gasteiger charge is -2.07. The second-order valence-electron chi connectivity index (χ2n) is 2.64. The van der Waals surface area contributed by atoms with Crippen molar-refractivity contribution in [2.45, 2.75) is 12.3 Å². The molecule has 1 aromatic heterocycles. The molecule has 0 aliphatic heterocycles. The molecule has 0 amide bonds. The van der Waals surface area contributed by atoms with Crippen molar-refractivity contribution in [1.82, 2.24) is 4.98 Å². The number of aromatic nitrogens is 1. The van der Waals surface area contributed by atoms with E-state index in [0.29, 0.717) is 0 Å². The van der Waals surface area contributed by atoms with Crippen LogP contribution >= 0.6 is 11.6 Å². The second kappa shape index (κ2) is 4.39. The molecule has 0 fully saturated rings. The summed E-state index contributed by atoms with van der Waals surface area (Å²) in [6.07, 6.45) is -3.05. The van der Waals surface area contributed by atoms with Crippen LogP contribution in [0.25, 0.3) is 0 Å². The zero-order valence-corrected chi connectivity index (χ0v) is 8.00. The minimum Gasteiger partial charge on any atom is -0.505 e. The second-order valence-corrected chi connectivity index (χ2v) is 2.91. The van der Waals surface area contributed by atoms with Crippen LogP contribution in [0.2, 0.25) is 0 Å². The van der Waals surface area contributed by atoms with E-state index < -0.39 is 29.5 Å². The van der Waals surface area contributed by atoms with Gasteiger partial charge >= 0.3 is 5.97 Å². The highest BCUT2D eigenvalue weighted by Gasteiger charge is 2.21. The first-order chi connectivity index (χ1) is 6.97. The number of carbonyl (C=O) groups is 1. The number of rotatable bonds is 3. The van der Waals surface area contributed by atoms with E-state index in [0.717, 1.165) is 6.07 Å². The first-order valence-corrected chi connectivity index (χ1v) is 4.31. The van der Waals surface area contributed by atoms with E-state index in [2.05, 4.69) is 4.98 Å². The molecule has 0 spiro atoms. The van der Waals surface area contributed by atoms with Gasteiger partial charge in [-0.15, -0.1) is 11.6 Å². The first-order valence-electron chi connectivity index (χ1n) is 3.77. The maximum atomic E-state index is 12.3. The number of carboxylic acids is 1. The lowest BCUT2D eigenvalue weighted by atomic mass is 10.2. The van der Waals surface area contributed by atoms with Crippen LogP contribution in [0.5, 0.6) is 5.75 Å². The van der Waals surface area contributed by atoms with Crippen LogP contribution in [-0.4, -0.2) is 21.2 Å². The van der Waals surface area contributed by atoms with Crippen molar-refractivity contribution in [1.29, 1.82) is 0 Å². The molecule has 0 aromatic carbocycles. The monoisotopic (exact) mass is 237 g/mol. The molecule has 0 saturated heterocycles. The summed E-state index contributed by atoms with van der Waals surface area (Å²) in [6.45, 7) is 0. The van der Waals surface area contributed by atoms with E-state index in [1.807, 2.05) is 0 Å². The van der Waals surface area contributed by atoms with Crippen molar-refractivity contribution in [2.24, 2.45) is 0 Å². The van der Waals surface area contributed by atoms with Gasteiger partial charge in [0.15, 0.2) is 0 Å². The number of aromatic carboxylic acids is 1. The molecule has 0 saturated carbocycles. The summed E-state index contributed by atoms with van der Waals surface area (Å²) in [6, 6.07) is 0.955. The summed E-state index contributed by atoms with van der Waals surface area (Å²) in [4.78, 5) is 13.6. The summed E-state index contributed by atoms with van der Waals surface area (Å²) in [5, 5.41) is 17.8. The zero-order chi connectivity index (χ0) is 11.6. The van der Waals surface area contributed by atoms with E-state index in [-0.39, 0.29) is 11.4 Å². The Kier molecular flexibility index (Phi) is 3.41. The van der Waals surface area contributed by atoms with Gasteiger partial charge in [0.2, 0.25) is 0 Å². The Balaban J connectivity index is 3.38. The van der Waals surface area contributed by atoms with Crippen molar-refractivity contribution in [3.63, 3.8) is 0 Å². The van der Waals surface area contributed by atoms with Gasteiger partial charge in [0.1, 0.15) is 17.1 Å². The van der Waals surface area contributed by atoms with E-state index in [9.17, 15) is 18.7 Å². The van der Waals surface area contributed by atoms with Crippen molar-refractivity contribution >= 4 is 17.6 Å². The van der Waals surface area contributed by atoms with Crippen LogP contribution < -0.4 is 0 Å². The van der Waals surface area contributed by atoms with Gasteiger partial charge in [0.05, 0.1) is 5.88 Å². The predicted molar refractivity (Wildman–Crippen MR) is 47.4 cm³/mol. The molecule has 0 atom stereocenters. The van der Waals surface area contributed by atoms with Crippen LogP contribution in [0, 0.1) is 0 Å². The molecule has 1 heterocycles. The third kappa shape index (κ3) is 2.33. The molecule has 0 radical (unpaired) electrons. The molecule has 15 heavy (non-hydrogen) atoms. The van der Waals surface area contributed by atoms with Crippen molar-refractivity contribution in [2.75, 3.05) is 0 Å². The van der Waals surface area contributed by atoms with Gasteiger partial charge in [0, 0.05) is 5.56 Å². The zero-order valence-electron chi connectivity index (χ0n) is 7.25. The fraction of sp³-hybridized carbons (Fsp3) is 0.250. The molecule has 0 unspecified atom stereocenters. The summed E-state index contributed by atoms with van der Waals surface area (Å²) in [7, 11) is 0. The van der Waals surface area contributed by atoms with Gasteiger partial charge in [-0.2, -0.15) is 0 Å². The lowest BCUT2D eigenvalue weighted by molar-refractivity contribution is 0.0688. The molecule has 1 aromatic rings. The lowest BCUT2D eigenvalue weighted by Crippen LogP contribution is -2.05. The smallest absolute Gasteiger partial charge is 0.354 e. The Morgan fingerprint density at radius 3 is 2.60 bits per heavy atom. The fourth-order valence-corrected chi connectivity index (χ4v) is 1.18. The Hall–Kier alpha value is -1.43. The number of carboxylic acid groups (broad SMARTS) is 1. The van der Waals surface area contributed by atoms with Gasteiger partial charge in [-0.1, -0.05) is 0 Å². The van der Waals surface area contributed by atoms with Gasteiger partial charge < -0.3 is 10.2 Å². The van der Waals surface area contributed by atoms with Gasteiger partial charge in [-0.05, 0) is 6.07 Å². The number of hydrogen-bond donors (Lipinski definition) is 2. The van der Waals surface area contributed by atoms with Gasteiger partial charge in [-0.25, -0.2) is 18.6 Å².